The van der Waals surface area contributed by atoms with E-state index in [0.717, 1.165) is 19.6 Å². The van der Waals surface area contributed by atoms with Gasteiger partial charge >= 0.3 is 0 Å². The fourth-order valence-electron chi connectivity index (χ4n) is 3.09. The van der Waals surface area contributed by atoms with Gasteiger partial charge in [-0.3, -0.25) is 0 Å². The minimum Gasteiger partial charge on any atom is -0.371 e. The number of nitrogens with one attached hydrogen (secondary N) is 1. The van der Waals surface area contributed by atoms with E-state index in [1.807, 2.05) is 0 Å². The average Bonchev–Trinajstić information content (AvgIpc) is 2.75. The van der Waals surface area contributed by atoms with Gasteiger partial charge in [-0.2, -0.15) is 0 Å². The number of rotatable bonds is 4. The third-order valence-electron chi connectivity index (χ3n) is 4.08. The zero-order chi connectivity index (χ0) is 13.2. The maximum absolute atomic E-state index is 5.93. The number of anilines is 1. The quantitative estimate of drug-likeness (QED) is 0.900. The van der Waals surface area contributed by atoms with Gasteiger partial charge < -0.3 is 15.0 Å². The standard InChI is InChI=1S/C16H24N2O/c1-12(2)17-9-13-5-3-4-6-16(13)18-10-14-7-8-15(11-18)19-14/h3-6,12,14-15,17H,7-11H2,1-2H3. The summed E-state index contributed by atoms with van der Waals surface area (Å²) in [6.07, 6.45) is 3.36. The summed E-state index contributed by atoms with van der Waals surface area (Å²) in [5, 5.41) is 3.52. The molecule has 0 aliphatic carbocycles. The van der Waals surface area contributed by atoms with Crippen molar-refractivity contribution in [3.63, 3.8) is 0 Å². The van der Waals surface area contributed by atoms with E-state index < -0.39 is 0 Å². The van der Waals surface area contributed by atoms with E-state index in [0.29, 0.717) is 18.2 Å². The third-order valence-corrected chi connectivity index (χ3v) is 4.08. The summed E-state index contributed by atoms with van der Waals surface area (Å²) in [4.78, 5) is 2.52. The van der Waals surface area contributed by atoms with Crippen LogP contribution in [0.3, 0.4) is 0 Å². The lowest BCUT2D eigenvalue weighted by molar-refractivity contribution is 0.0304. The van der Waals surface area contributed by atoms with Gasteiger partial charge in [-0.15, -0.1) is 0 Å². The van der Waals surface area contributed by atoms with E-state index in [1.54, 1.807) is 0 Å². The first-order chi connectivity index (χ1) is 9.22. The number of fused-ring (bicyclic) bond motifs is 2. The molecule has 2 bridgehead atoms. The van der Waals surface area contributed by atoms with Crippen LogP contribution in [0, 0.1) is 0 Å². The van der Waals surface area contributed by atoms with Gasteiger partial charge in [0.25, 0.3) is 0 Å². The van der Waals surface area contributed by atoms with Gasteiger partial charge in [-0.25, -0.2) is 0 Å². The van der Waals surface area contributed by atoms with Crippen molar-refractivity contribution in [3.8, 4) is 0 Å². The van der Waals surface area contributed by atoms with Gasteiger partial charge in [-0.1, -0.05) is 32.0 Å². The number of hydrogen-bond donors (Lipinski definition) is 1. The Labute approximate surface area is 115 Å². The number of hydrogen-bond acceptors (Lipinski definition) is 3. The molecule has 104 valence electrons. The molecule has 2 heterocycles. The van der Waals surface area contributed by atoms with E-state index in [2.05, 4.69) is 48.3 Å². The second kappa shape index (κ2) is 5.51. The Morgan fingerprint density at radius 3 is 2.58 bits per heavy atom. The first-order valence-corrected chi connectivity index (χ1v) is 7.44. The molecule has 0 saturated carbocycles. The highest BCUT2D eigenvalue weighted by molar-refractivity contribution is 5.54. The molecule has 2 saturated heterocycles. The molecule has 19 heavy (non-hydrogen) atoms. The highest BCUT2D eigenvalue weighted by Gasteiger charge is 2.34. The van der Waals surface area contributed by atoms with Crippen molar-refractivity contribution < 1.29 is 4.74 Å². The summed E-state index contributed by atoms with van der Waals surface area (Å²) >= 11 is 0. The molecular weight excluding hydrogens is 236 g/mol. The number of morpholine rings is 1. The van der Waals surface area contributed by atoms with Crippen molar-refractivity contribution in [2.75, 3.05) is 18.0 Å². The molecule has 0 aromatic heterocycles. The smallest absolute Gasteiger partial charge is 0.0755 e. The van der Waals surface area contributed by atoms with Crippen LogP contribution in [0.4, 0.5) is 5.69 Å². The molecule has 2 atom stereocenters. The van der Waals surface area contributed by atoms with Crippen molar-refractivity contribution in [3.05, 3.63) is 29.8 Å². The fraction of sp³-hybridized carbons (Fsp3) is 0.625. The monoisotopic (exact) mass is 260 g/mol. The van der Waals surface area contributed by atoms with Crippen molar-refractivity contribution in [1.82, 2.24) is 5.32 Å². The number of ether oxygens (including phenoxy) is 1. The largest absolute Gasteiger partial charge is 0.371 e. The molecule has 3 rings (SSSR count). The Morgan fingerprint density at radius 2 is 1.89 bits per heavy atom. The molecule has 0 amide bonds. The molecule has 1 aromatic carbocycles. The summed E-state index contributed by atoms with van der Waals surface area (Å²) < 4.78 is 5.93. The predicted octanol–water partition coefficient (Wildman–Crippen LogP) is 2.55. The lowest BCUT2D eigenvalue weighted by Gasteiger charge is -2.35. The molecule has 0 radical (unpaired) electrons. The van der Waals surface area contributed by atoms with Crippen LogP contribution in [0.2, 0.25) is 0 Å². The first kappa shape index (κ1) is 12.9. The molecular formula is C16H24N2O. The Bertz CT molecular complexity index is 421. The molecule has 1 aromatic rings. The topological polar surface area (TPSA) is 24.5 Å². The van der Waals surface area contributed by atoms with Crippen LogP contribution in [0.5, 0.6) is 0 Å². The number of benzene rings is 1. The van der Waals surface area contributed by atoms with E-state index in [-0.39, 0.29) is 0 Å². The highest BCUT2D eigenvalue weighted by Crippen LogP contribution is 2.31. The van der Waals surface area contributed by atoms with Crippen molar-refractivity contribution in [1.29, 1.82) is 0 Å². The molecule has 3 heteroatoms. The van der Waals surface area contributed by atoms with E-state index >= 15 is 0 Å². The fourth-order valence-corrected chi connectivity index (χ4v) is 3.09. The second-order valence-electron chi connectivity index (χ2n) is 6.03. The highest BCUT2D eigenvalue weighted by atomic mass is 16.5. The molecule has 2 fully saturated rings. The molecule has 3 nitrogen and oxygen atoms in total. The Hall–Kier alpha value is -1.06. The summed E-state index contributed by atoms with van der Waals surface area (Å²) in [7, 11) is 0. The number of nitrogens with zero attached hydrogens (tertiary/aromatic N) is 1. The van der Waals surface area contributed by atoms with Gasteiger partial charge in [0.1, 0.15) is 0 Å². The minimum absolute atomic E-state index is 0.449. The Morgan fingerprint density at radius 1 is 1.21 bits per heavy atom. The van der Waals surface area contributed by atoms with Crippen molar-refractivity contribution in [2.24, 2.45) is 0 Å². The van der Waals surface area contributed by atoms with Crippen LogP contribution in [-0.4, -0.2) is 31.3 Å². The molecule has 0 spiro atoms. The normalized spacial score (nSPS) is 26.2. The van der Waals surface area contributed by atoms with Crippen LogP contribution >= 0.6 is 0 Å². The Kier molecular flexibility index (Phi) is 3.76. The van der Waals surface area contributed by atoms with Crippen molar-refractivity contribution in [2.45, 2.75) is 51.5 Å². The Balaban J connectivity index is 1.76. The molecule has 2 unspecified atom stereocenters. The molecule has 2 aliphatic heterocycles. The first-order valence-electron chi connectivity index (χ1n) is 7.44. The zero-order valence-corrected chi connectivity index (χ0v) is 11.9. The second-order valence-corrected chi connectivity index (χ2v) is 6.03. The van der Waals surface area contributed by atoms with Gasteiger partial charge in [0, 0.05) is 31.4 Å². The summed E-state index contributed by atoms with van der Waals surface area (Å²) in [5.74, 6) is 0. The van der Waals surface area contributed by atoms with Crippen LogP contribution in [0.25, 0.3) is 0 Å². The van der Waals surface area contributed by atoms with E-state index in [4.69, 9.17) is 4.74 Å². The van der Waals surface area contributed by atoms with Crippen LogP contribution < -0.4 is 10.2 Å². The van der Waals surface area contributed by atoms with Crippen LogP contribution in [0.15, 0.2) is 24.3 Å². The third kappa shape index (κ3) is 2.93. The molecule has 1 N–H and O–H groups in total. The minimum atomic E-state index is 0.449. The van der Waals surface area contributed by atoms with Crippen LogP contribution in [0.1, 0.15) is 32.3 Å². The summed E-state index contributed by atoms with van der Waals surface area (Å²) in [6.45, 7) is 7.43. The maximum Gasteiger partial charge on any atom is 0.0755 e. The zero-order valence-electron chi connectivity index (χ0n) is 11.9. The summed E-state index contributed by atoms with van der Waals surface area (Å²) in [5.41, 5.74) is 2.79. The SMILES string of the molecule is CC(C)NCc1ccccc1N1CC2CCC(C1)O2. The summed E-state index contributed by atoms with van der Waals surface area (Å²) in [6, 6.07) is 9.29. The maximum atomic E-state index is 5.93. The molecule has 2 aliphatic rings. The lowest BCUT2D eigenvalue weighted by atomic mass is 10.1. The predicted molar refractivity (Wildman–Crippen MR) is 78.5 cm³/mol. The van der Waals surface area contributed by atoms with Crippen molar-refractivity contribution >= 4 is 5.69 Å². The van der Waals surface area contributed by atoms with Gasteiger partial charge in [-0.05, 0) is 24.5 Å². The van der Waals surface area contributed by atoms with Gasteiger partial charge in [0.2, 0.25) is 0 Å². The van der Waals surface area contributed by atoms with Gasteiger partial charge in [0.05, 0.1) is 12.2 Å². The van der Waals surface area contributed by atoms with Gasteiger partial charge in [0.15, 0.2) is 0 Å². The van der Waals surface area contributed by atoms with E-state index in [1.165, 1.54) is 24.1 Å². The number of para-hydroxylation sites is 1. The average molecular weight is 260 g/mol. The van der Waals surface area contributed by atoms with E-state index in [9.17, 15) is 0 Å². The lowest BCUT2D eigenvalue weighted by Crippen LogP contribution is -2.43. The van der Waals surface area contributed by atoms with Crippen LogP contribution in [-0.2, 0) is 11.3 Å².